The molecule has 1 aliphatic rings. The van der Waals surface area contributed by atoms with Crippen molar-refractivity contribution < 1.29 is 19.1 Å². The Hall–Kier alpha value is -1.36. The van der Waals surface area contributed by atoms with Crippen LogP contribution in [0.2, 0.25) is 0 Å². The average molecular weight is 620 g/mol. The number of allylic oxidation sites excluding steroid dienone is 1. The van der Waals surface area contributed by atoms with E-state index < -0.39 is 0 Å². The zero-order valence-electron chi connectivity index (χ0n) is 29.8. The Bertz CT molecular complexity index is 700. The molecule has 1 saturated heterocycles. The zero-order chi connectivity index (χ0) is 32.1. The van der Waals surface area contributed by atoms with Crippen LogP contribution < -0.4 is 0 Å². The maximum absolute atomic E-state index is 12.9. The van der Waals surface area contributed by atoms with Crippen molar-refractivity contribution in [1.82, 2.24) is 4.90 Å². The fourth-order valence-electron chi connectivity index (χ4n) is 6.47. The summed E-state index contributed by atoms with van der Waals surface area (Å²) in [7, 11) is 2.13. The van der Waals surface area contributed by atoms with Crippen molar-refractivity contribution in [2.45, 2.75) is 187 Å². The van der Waals surface area contributed by atoms with Crippen LogP contribution in [0.15, 0.2) is 12.2 Å². The molecule has 0 spiro atoms. The van der Waals surface area contributed by atoms with E-state index in [1.807, 2.05) is 6.08 Å². The van der Waals surface area contributed by atoms with Gasteiger partial charge in [-0.15, -0.1) is 0 Å². The van der Waals surface area contributed by atoms with Crippen LogP contribution in [-0.4, -0.2) is 49.7 Å². The number of carbonyl (C=O) groups is 2. The molecule has 0 radical (unpaired) electrons. The molecule has 0 amide bonds. The van der Waals surface area contributed by atoms with Gasteiger partial charge in [-0.05, 0) is 77.4 Å². The van der Waals surface area contributed by atoms with Gasteiger partial charge in [-0.25, -0.2) is 0 Å². The van der Waals surface area contributed by atoms with E-state index in [4.69, 9.17) is 9.47 Å². The summed E-state index contributed by atoms with van der Waals surface area (Å²) in [6, 6.07) is 0. The van der Waals surface area contributed by atoms with Crippen molar-refractivity contribution >= 4 is 11.9 Å². The summed E-state index contributed by atoms with van der Waals surface area (Å²) in [4.78, 5) is 27.3. The molecule has 0 aromatic rings. The fraction of sp³-hybridized carbons (Fsp3) is 0.897. The molecular formula is C39H73NO4. The van der Waals surface area contributed by atoms with E-state index in [1.54, 1.807) is 0 Å². The summed E-state index contributed by atoms with van der Waals surface area (Å²) < 4.78 is 11.5. The zero-order valence-corrected chi connectivity index (χ0v) is 29.8. The Kier molecular flexibility index (Phi) is 26.9. The molecule has 5 heteroatoms. The third kappa shape index (κ3) is 23.0. The van der Waals surface area contributed by atoms with Crippen LogP contribution in [0.25, 0.3) is 0 Å². The molecule has 2 atom stereocenters. The Balaban J connectivity index is 2.19. The highest BCUT2D eigenvalue weighted by Crippen LogP contribution is 2.23. The molecule has 0 bridgehead atoms. The lowest BCUT2D eigenvalue weighted by Gasteiger charge is -2.29. The Morgan fingerprint density at radius 3 is 1.84 bits per heavy atom. The van der Waals surface area contributed by atoms with Gasteiger partial charge in [0, 0.05) is 6.42 Å². The molecule has 1 aliphatic heterocycles. The number of esters is 2. The van der Waals surface area contributed by atoms with E-state index in [-0.39, 0.29) is 24.0 Å². The first-order valence-electron chi connectivity index (χ1n) is 19.2. The van der Waals surface area contributed by atoms with Crippen LogP contribution in [-0.2, 0) is 19.1 Å². The number of hydrogen-bond acceptors (Lipinski definition) is 5. The molecule has 0 aromatic heterocycles. The quantitative estimate of drug-likeness (QED) is 0.0473. The molecule has 1 fully saturated rings. The van der Waals surface area contributed by atoms with E-state index >= 15 is 0 Å². The van der Waals surface area contributed by atoms with Crippen molar-refractivity contribution in [2.75, 3.05) is 26.7 Å². The van der Waals surface area contributed by atoms with Gasteiger partial charge in [-0.2, -0.15) is 0 Å². The van der Waals surface area contributed by atoms with Crippen molar-refractivity contribution in [3.05, 3.63) is 12.2 Å². The summed E-state index contributed by atoms with van der Waals surface area (Å²) in [5.41, 5.74) is 0. The SMILES string of the molecule is CCCCCCCCCCC(CCCCCCCCC(=O)OC/C=C\CC(CCC)CCCC)OC(=O)C1CCN(C)CC1. The van der Waals surface area contributed by atoms with Gasteiger partial charge in [0.25, 0.3) is 0 Å². The number of nitrogens with zero attached hydrogens (tertiary/aromatic N) is 1. The van der Waals surface area contributed by atoms with Gasteiger partial charge in [0.2, 0.25) is 0 Å². The molecule has 1 rings (SSSR count). The Morgan fingerprint density at radius 2 is 1.25 bits per heavy atom. The van der Waals surface area contributed by atoms with Crippen LogP contribution >= 0.6 is 0 Å². The third-order valence-corrected chi connectivity index (χ3v) is 9.51. The highest BCUT2D eigenvalue weighted by Gasteiger charge is 2.26. The molecular weight excluding hydrogens is 546 g/mol. The summed E-state index contributed by atoms with van der Waals surface area (Å²) in [6.07, 6.45) is 33.3. The molecule has 1 heterocycles. The van der Waals surface area contributed by atoms with E-state index in [9.17, 15) is 9.59 Å². The van der Waals surface area contributed by atoms with Crippen LogP contribution in [0.5, 0.6) is 0 Å². The normalized spacial score (nSPS) is 15.9. The predicted molar refractivity (Wildman–Crippen MR) is 187 cm³/mol. The van der Waals surface area contributed by atoms with Gasteiger partial charge in [-0.3, -0.25) is 9.59 Å². The second-order valence-corrected chi connectivity index (χ2v) is 13.7. The Labute approximate surface area is 273 Å². The molecule has 0 aromatic carbocycles. The maximum Gasteiger partial charge on any atom is 0.309 e. The molecule has 5 nitrogen and oxygen atoms in total. The van der Waals surface area contributed by atoms with Gasteiger partial charge < -0.3 is 14.4 Å². The topological polar surface area (TPSA) is 55.8 Å². The van der Waals surface area contributed by atoms with Gasteiger partial charge in [0.05, 0.1) is 5.92 Å². The largest absolute Gasteiger partial charge is 0.462 e. The predicted octanol–water partition coefficient (Wildman–Crippen LogP) is 11.0. The molecule has 44 heavy (non-hydrogen) atoms. The van der Waals surface area contributed by atoms with E-state index in [0.717, 1.165) is 76.8 Å². The average Bonchev–Trinajstić information content (AvgIpc) is 3.02. The van der Waals surface area contributed by atoms with Crippen LogP contribution in [0.3, 0.4) is 0 Å². The molecule has 2 unspecified atom stereocenters. The van der Waals surface area contributed by atoms with Gasteiger partial charge in [-0.1, -0.05) is 136 Å². The highest BCUT2D eigenvalue weighted by atomic mass is 16.5. The van der Waals surface area contributed by atoms with Crippen molar-refractivity contribution in [3.8, 4) is 0 Å². The molecule has 0 N–H and O–H groups in total. The minimum atomic E-state index is -0.0685. The molecule has 258 valence electrons. The van der Waals surface area contributed by atoms with Crippen LogP contribution in [0, 0.1) is 11.8 Å². The lowest BCUT2D eigenvalue weighted by atomic mass is 9.94. The first-order chi connectivity index (χ1) is 21.5. The van der Waals surface area contributed by atoms with Gasteiger partial charge in [0.15, 0.2) is 0 Å². The molecule has 0 aliphatic carbocycles. The number of carbonyl (C=O) groups excluding carboxylic acids is 2. The fourth-order valence-corrected chi connectivity index (χ4v) is 6.47. The third-order valence-electron chi connectivity index (χ3n) is 9.51. The second kappa shape index (κ2) is 29.1. The lowest BCUT2D eigenvalue weighted by Crippen LogP contribution is -2.35. The van der Waals surface area contributed by atoms with Crippen LogP contribution in [0.1, 0.15) is 181 Å². The number of piperidine rings is 1. The number of likely N-dealkylation sites (tertiary alicyclic amines) is 1. The van der Waals surface area contributed by atoms with Gasteiger partial charge in [0.1, 0.15) is 12.7 Å². The monoisotopic (exact) mass is 620 g/mol. The standard InChI is InChI=1S/C39H73NO4/c1-5-8-10-11-12-13-16-19-27-37(44-39(42)36-30-32-40(4)33-31-36)28-20-17-14-15-18-21-29-38(41)43-34-23-22-26-35(24-7-3)25-9-6-2/h22-23,35-37H,5-21,24-34H2,1-4H3/b23-22-. The highest BCUT2D eigenvalue weighted by molar-refractivity contribution is 5.72. The second-order valence-electron chi connectivity index (χ2n) is 13.7. The van der Waals surface area contributed by atoms with Crippen molar-refractivity contribution in [1.29, 1.82) is 0 Å². The van der Waals surface area contributed by atoms with Crippen molar-refractivity contribution in [2.24, 2.45) is 11.8 Å². The van der Waals surface area contributed by atoms with E-state index in [1.165, 1.54) is 96.3 Å². The summed E-state index contributed by atoms with van der Waals surface area (Å²) in [5, 5.41) is 0. The number of ether oxygens (including phenoxy) is 2. The van der Waals surface area contributed by atoms with E-state index in [2.05, 4.69) is 38.8 Å². The van der Waals surface area contributed by atoms with Crippen LogP contribution in [0.4, 0.5) is 0 Å². The summed E-state index contributed by atoms with van der Waals surface area (Å²) in [5.74, 6) is 0.842. The number of rotatable bonds is 29. The smallest absolute Gasteiger partial charge is 0.309 e. The minimum absolute atomic E-state index is 0.0534. The number of hydrogen-bond donors (Lipinski definition) is 0. The van der Waals surface area contributed by atoms with E-state index in [0.29, 0.717) is 13.0 Å². The summed E-state index contributed by atoms with van der Waals surface area (Å²) in [6.45, 7) is 9.19. The summed E-state index contributed by atoms with van der Waals surface area (Å²) >= 11 is 0. The van der Waals surface area contributed by atoms with Gasteiger partial charge >= 0.3 is 11.9 Å². The van der Waals surface area contributed by atoms with Crippen molar-refractivity contribution in [3.63, 3.8) is 0 Å². The first-order valence-corrected chi connectivity index (χ1v) is 19.2. The minimum Gasteiger partial charge on any atom is -0.462 e. The maximum atomic E-state index is 12.9. The number of unbranched alkanes of at least 4 members (excludes halogenated alkanes) is 13. The Morgan fingerprint density at radius 1 is 0.682 bits per heavy atom. The molecule has 0 saturated carbocycles. The first kappa shape index (κ1) is 40.7. The lowest BCUT2D eigenvalue weighted by molar-refractivity contribution is -0.156.